The Kier molecular flexibility index (Phi) is 4.20. The minimum absolute atomic E-state index is 0.173. The Hall–Kier alpha value is -3.11. The Balaban J connectivity index is 2.25. The summed E-state index contributed by atoms with van der Waals surface area (Å²) in [5, 5.41) is 21.3. The van der Waals surface area contributed by atoms with Crippen LogP contribution in [0.1, 0.15) is 13.8 Å². The monoisotopic (exact) mass is 326 g/mol. The van der Waals surface area contributed by atoms with Crippen molar-refractivity contribution in [1.82, 2.24) is 5.43 Å². The molecule has 11 heteroatoms. The van der Waals surface area contributed by atoms with Gasteiger partial charge in [0.1, 0.15) is 17.0 Å². The third-order valence-electron chi connectivity index (χ3n) is 2.93. The van der Waals surface area contributed by atoms with Gasteiger partial charge in [0.05, 0.1) is 11.5 Å². The van der Waals surface area contributed by atoms with Gasteiger partial charge in [-0.15, -0.1) is 10.1 Å². The van der Waals surface area contributed by atoms with Gasteiger partial charge >= 0.3 is 0 Å². The first-order valence-electron chi connectivity index (χ1n) is 6.50. The van der Waals surface area contributed by atoms with Gasteiger partial charge in [-0.25, -0.2) is 0 Å². The van der Waals surface area contributed by atoms with Gasteiger partial charge < -0.3 is 9.57 Å². The zero-order valence-electron chi connectivity index (χ0n) is 12.3. The van der Waals surface area contributed by atoms with Crippen LogP contribution in [0, 0.1) is 20.2 Å². The van der Waals surface area contributed by atoms with Crippen molar-refractivity contribution in [2.75, 3.05) is 18.2 Å². The second-order valence-corrected chi connectivity index (χ2v) is 5.39. The summed E-state index contributed by atoms with van der Waals surface area (Å²) in [6, 6.07) is 3.97. The van der Waals surface area contributed by atoms with E-state index in [0.717, 1.165) is 0 Å². The average Bonchev–Trinajstić information content (AvgIpc) is 2.43. The molecule has 11 nitrogen and oxygen atoms in total. The number of rotatable bonds is 5. The van der Waals surface area contributed by atoms with Crippen molar-refractivity contribution >= 4 is 17.3 Å². The van der Waals surface area contributed by atoms with Crippen molar-refractivity contribution in [2.45, 2.75) is 19.4 Å². The summed E-state index contributed by atoms with van der Waals surface area (Å²) in [4.78, 5) is 36.1. The summed E-state index contributed by atoms with van der Waals surface area (Å²) in [5.41, 5.74) is 1.85. The quantitative estimate of drug-likeness (QED) is 0.620. The van der Waals surface area contributed by atoms with E-state index in [4.69, 9.17) is 4.74 Å². The number of nitrogens with one attached hydrogen (secondary N) is 1. The number of non-ortho nitro benzene ring substituents is 1. The average molecular weight is 326 g/mol. The van der Waals surface area contributed by atoms with E-state index in [0.29, 0.717) is 5.75 Å². The zero-order chi connectivity index (χ0) is 17.2. The molecule has 1 aromatic carbocycles. The van der Waals surface area contributed by atoms with Crippen LogP contribution in [0.15, 0.2) is 18.2 Å². The standard InChI is InChI=1S/C12H14N4O7/c1-12(2)7-14(13-11(17)6-22-16(20)21)9-5-8(15(18)19)3-4-10(9)23-12/h3-5H,6-7H2,1-2H3,(H,13,17). The number of carbonyl (C=O) groups is 1. The fourth-order valence-corrected chi connectivity index (χ4v) is 2.11. The molecule has 0 saturated heterocycles. The number of hydrogen-bond acceptors (Lipinski definition) is 8. The number of hydrogen-bond donors (Lipinski definition) is 1. The van der Waals surface area contributed by atoms with Crippen LogP contribution in [0.3, 0.4) is 0 Å². The lowest BCUT2D eigenvalue weighted by molar-refractivity contribution is -0.754. The fourth-order valence-electron chi connectivity index (χ4n) is 2.11. The van der Waals surface area contributed by atoms with E-state index in [2.05, 4.69) is 10.3 Å². The van der Waals surface area contributed by atoms with Crippen molar-refractivity contribution in [3.05, 3.63) is 38.4 Å². The Morgan fingerprint density at radius 1 is 1.43 bits per heavy atom. The molecular weight excluding hydrogens is 312 g/mol. The summed E-state index contributed by atoms with van der Waals surface area (Å²) in [7, 11) is 0. The largest absolute Gasteiger partial charge is 0.484 e. The number of carbonyl (C=O) groups excluding carboxylic acids is 1. The van der Waals surface area contributed by atoms with Gasteiger partial charge in [-0.1, -0.05) is 0 Å². The smallest absolute Gasteiger partial charge is 0.295 e. The van der Waals surface area contributed by atoms with Crippen LogP contribution in [0.5, 0.6) is 5.75 Å². The van der Waals surface area contributed by atoms with Crippen LogP contribution in [-0.4, -0.2) is 34.7 Å². The highest BCUT2D eigenvalue weighted by Gasteiger charge is 2.33. The van der Waals surface area contributed by atoms with Gasteiger partial charge in [-0.05, 0) is 19.9 Å². The van der Waals surface area contributed by atoms with Gasteiger partial charge in [-0.2, -0.15) is 0 Å². The summed E-state index contributed by atoms with van der Waals surface area (Å²) >= 11 is 0. The second kappa shape index (κ2) is 5.94. The first kappa shape index (κ1) is 16.3. The van der Waals surface area contributed by atoms with E-state index in [-0.39, 0.29) is 17.9 Å². The van der Waals surface area contributed by atoms with E-state index in [1.165, 1.54) is 23.2 Å². The third-order valence-corrected chi connectivity index (χ3v) is 2.93. The van der Waals surface area contributed by atoms with Gasteiger partial charge in [0.15, 0.2) is 6.61 Å². The van der Waals surface area contributed by atoms with E-state index in [1.807, 2.05) is 0 Å². The number of nitro groups is 1. The molecule has 2 rings (SSSR count). The molecular formula is C12H14N4O7. The number of ether oxygens (including phenoxy) is 1. The van der Waals surface area contributed by atoms with Crippen molar-refractivity contribution in [3.8, 4) is 5.75 Å². The second-order valence-electron chi connectivity index (χ2n) is 5.39. The normalized spacial score (nSPS) is 15.1. The molecule has 1 aliphatic rings. The van der Waals surface area contributed by atoms with E-state index < -0.39 is 28.1 Å². The van der Waals surface area contributed by atoms with E-state index in [1.54, 1.807) is 13.8 Å². The Morgan fingerprint density at radius 3 is 2.74 bits per heavy atom. The summed E-state index contributed by atoms with van der Waals surface area (Å²) in [6.07, 6.45) is 0. The lowest BCUT2D eigenvalue weighted by atomic mass is 10.1. The van der Waals surface area contributed by atoms with Crippen molar-refractivity contribution < 1.29 is 24.4 Å². The molecule has 0 atom stereocenters. The molecule has 1 aromatic rings. The molecule has 124 valence electrons. The molecule has 0 spiro atoms. The minimum Gasteiger partial charge on any atom is -0.484 e. The highest BCUT2D eigenvalue weighted by molar-refractivity contribution is 5.80. The van der Waals surface area contributed by atoms with Crippen LogP contribution in [0.4, 0.5) is 11.4 Å². The van der Waals surface area contributed by atoms with Crippen LogP contribution in [-0.2, 0) is 9.63 Å². The third kappa shape index (κ3) is 3.96. The molecule has 0 unspecified atom stereocenters. The molecule has 0 fully saturated rings. The first-order valence-corrected chi connectivity index (χ1v) is 6.50. The Morgan fingerprint density at radius 2 is 2.13 bits per heavy atom. The maximum absolute atomic E-state index is 11.7. The topological polar surface area (TPSA) is 137 Å². The van der Waals surface area contributed by atoms with Gasteiger partial charge in [0.25, 0.3) is 16.7 Å². The highest BCUT2D eigenvalue weighted by Crippen LogP contribution is 2.38. The molecule has 0 radical (unpaired) electrons. The van der Waals surface area contributed by atoms with Crippen molar-refractivity contribution in [1.29, 1.82) is 0 Å². The van der Waals surface area contributed by atoms with Crippen LogP contribution < -0.4 is 15.2 Å². The number of nitro benzene ring substituents is 1. The predicted molar refractivity (Wildman–Crippen MR) is 76.2 cm³/mol. The number of fused-ring (bicyclic) bond motifs is 1. The molecule has 0 bridgehead atoms. The number of hydrazine groups is 1. The summed E-state index contributed by atoms with van der Waals surface area (Å²) < 4.78 is 5.71. The van der Waals surface area contributed by atoms with E-state index >= 15 is 0 Å². The number of amides is 1. The van der Waals surface area contributed by atoms with Crippen molar-refractivity contribution in [3.63, 3.8) is 0 Å². The number of nitrogens with zero attached hydrogens (tertiary/aromatic N) is 3. The lowest BCUT2D eigenvalue weighted by Crippen LogP contribution is -2.55. The molecule has 23 heavy (non-hydrogen) atoms. The molecule has 0 aliphatic carbocycles. The first-order chi connectivity index (χ1) is 10.7. The molecule has 1 N–H and O–H groups in total. The van der Waals surface area contributed by atoms with Gasteiger partial charge in [0.2, 0.25) is 0 Å². The SMILES string of the molecule is CC1(C)CN(NC(=O)CO[N+](=O)[O-])c2cc([N+](=O)[O-])ccc2O1. The minimum atomic E-state index is -1.08. The van der Waals surface area contributed by atoms with Crippen molar-refractivity contribution in [2.24, 2.45) is 0 Å². The molecule has 1 aliphatic heterocycles. The fraction of sp³-hybridized carbons (Fsp3) is 0.417. The molecule has 1 heterocycles. The maximum Gasteiger partial charge on any atom is 0.295 e. The zero-order valence-corrected chi connectivity index (χ0v) is 12.3. The Bertz CT molecular complexity index is 661. The maximum atomic E-state index is 11.7. The summed E-state index contributed by atoms with van der Waals surface area (Å²) in [5.74, 6) is -0.417. The predicted octanol–water partition coefficient (Wildman–Crippen LogP) is 0.812. The number of anilines is 1. The van der Waals surface area contributed by atoms with Crippen LogP contribution in [0.2, 0.25) is 0 Å². The molecule has 0 saturated carbocycles. The van der Waals surface area contributed by atoms with Crippen LogP contribution in [0.25, 0.3) is 0 Å². The highest BCUT2D eigenvalue weighted by atomic mass is 16.9. The van der Waals surface area contributed by atoms with Gasteiger partial charge in [-0.3, -0.25) is 25.3 Å². The summed E-state index contributed by atoms with van der Waals surface area (Å²) in [6.45, 7) is 2.94. The van der Waals surface area contributed by atoms with Crippen LogP contribution >= 0.6 is 0 Å². The Labute approximate surface area is 130 Å². The number of benzene rings is 1. The lowest BCUT2D eigenvalue weighted by Gasteiger charge is -2.40. The van der Waals surface area contributed by atoms with E-state index in [9.17, 15) is 25.0 Å². The molecule has 0 aromatic heterocycles. The van der Waals surface area contributed by atoms with Gasteiger partial charge in [0, 0.05) is 12.1 Å². The molecule has 1 amide bonds.